The van der Waals surface area contributed by atoms with Crippen molar-refractivity contribution < 1.29 is 4.74 Å². The number of nitrogens with one attached hydrogen (secondary N) is 1. The van der Waals surface area contributed by atoms with Crippen LogP contribution in [0.1, 0.15) is 46.0 Å². The number of rotatable bonds is 6. The summed E-state index contributed by atoms with van der Waals surface area (Å²) in [6.45, 7) is 6.05. The zero-order chi connectivity index (χ0) is 14.4. The average Bonchev–Trinajstić information content (AvgIpc) is 2.48. The van der Waals surface area contributed by atoms with Gasteiger partial charge in [0.25, 0.3) is 0 Å². The number of hydrogen-bond donors (Lipinski definition) is 1. The van der Waals surface area contributed by atoms with E-state index in [4.69, 9.17) is 4.74 Å². The Kier molecular flexibility index (Phi) is 5.38. The van der Waals surface area contributed by atoms with Gasteiger partial charge in [-0.1, -0.05) is 13.3 Å². The maximum Gasteiger partial charge on any atom is 0.322 e. The second-order valence-electron chi connectivity index (χ2n) is 5.11. The maximum absolute atomic E-state index is 5.20. The van der Waals surface area contributed by atoms with Gasteiger partial charge in [0.2, 0.25) is 11.9 Å². The summed E-state index contributed by atoms with van der Waals surface area (Å²) in [4.78, 5) is 15.5. The molecule has 0 radical (unpaired) electrons. The molecule has 1 saturated heterocycles. The number of ether oxygens (including phenoxy) is 1. The van der Waals surface area contributed by atoms with Crippen molar-refractivity contribution in [3.63, 3.8) is 0 Å². The molecule has 1 aromatic heterocycles. The largest absolute Gasteiger partial charge is 0.467 e. The van der Waals surface area contributed by atoms with Gasteiger partial charge in [0.15, 0.2) is 0 Å². The third kappa shape index (κ3) is 3.49. The molecule has 0 aliphatic carbocycles. The fourth-order valence-electron chi connectivity index (χ4n) is 2.70. The summed E-state index contributed by atoms with van der Waals surface area (Å²) in [6.07, 6.45) is 6.08. The molecule has 1 aliphatic heterocycles. The van der Waals surface area contributed by atoms with E-state index in [-0.39, 0.29) is 0 Å². The van der Waals surface area contributed by atoms with E-state index in [1.165, 1.54) is 32.1 Å². The fraction of sp³-hybridized carbons (Fsp3) is 0.786. The lowest BCUT2D eigenvalue weighted by Crippen LogP contribution is -2.40. The van der Waals surface area contributed by atoms with Crippen LogP contribution in [-0.2, 0) is 0 Å². The van der Waals surface area contributed by atoms with Gasteiger partial charge in [0, 0.05) is 19.1 Å². The van der Waals surface area contributed by atoms with Gasteiger partial charge in [-0.3, -0.25) is 0 Å². The van der Waals surface area contributed by atoms with Crippen molar-refractivity contribution >= 4 is 11.9 Å². The van der Waals surface area contributed by atoms with Crippen LogP contribution in [0.5, 0.6) is 6.01 Å². The van der Waals surface area contributed by atoms with Crippen LogP contribution < -0.4 is 15.0 Å². The molecule has 0 bridgehead atoms. The van der Waals surface area contributed by atoms with Crippen molar-refractivity contribution in [1.82, 2.24) is 15.0 Å². The first-order valence-corrected chi connectivity index (χ1v) is 7.59. The molecule has 6 nitrogen and oxygen atoms in total. The highest BCUT2D eigenvalue weighted by Crippen LogP contribution is 2.26. The molecule has 1 fully saturated rings. The number of piperidine rings is 1. The van der Waals surface area contributed by atoms with E-state index < -0.39 is 0 Å². The van der Waals surface area contributed by atoms with E-state index in [0.717, 1.165) is 19.0 Å². The number of hydrogen-bond acceptors (Lipinski definition) is 6. The highest BCUT2D eigenvalue weighted by atomic mass is 16.5. The van der Waals surface area contributed by atoms with E-state index in [1.807, 2.05) is 6.92 Å². The molecule has 112 valence electrons. The van der Waals surface area contributed by atoms with Gasteiger partial charge in [-0.05, 0) is 32.6 Å². The fourth-order valence-corrected chi connectivity index (χ4v) is 2.70. The third-order valence-corrected chi connectivity index (χ3v) is 3.63. The minimum atomic E-state index is 0.381. The SMILES string of the molecule is CCCC1CCCCN1c1nc(NCC)nc(OC)n1. The molecule has 0 amide bonds. The molecule has 6 heteroatoms. The minimum Gasteiger partial charge on any atom is -0.467 e. The Morgan fingerprint density at radius 3 is 2.80 bits per heavy atom. The first-order chi connectivity index (χ1) is 9.78. The summed E-state index contributed by atoms with van der Waals surface area (Å²) in [6, 6.07) is 0.919. The van der Waals surface area contributed by atoms with Crippen molar-refractivity contribution in [2.75, 3.05) is 30.4 Å². The smallest absolute Gasteiger partial charge is 0.322 e. The van der Waals surface area contributed by atoms with E-state index in [9.17, 15) is 0 Å². The van der Waals surface area contributed by atoms with Crippen LogP contribution in [0.15, 0.2) is 0 Å². The molecule has 0 spiro atoms. The van der Waals surface area contributed by atoms with Crippen molar-refractivity contribution in [2.45, 2.75) is 52.0 Å². The van der Waals surface area contributed by atoms with Crippen molar-refractivity contribution in [2.24, 2.45) is 0 Å². The predicted molar refractivity (Wildman–Crippen MR) is 80.4 cm³/mol. The van der Waals surface area contributed by atoms with E-state index in [0.29, 0.717) is 18.0 Å². The van der Waals surface area contributed by atoms with Gasteiger partial charge in [-0.25, -0.2) is 0 Å². The average molecular weight is 279 g/mol. The van der Waals surface area contributed by atoms with Crippen molar-refractivity contribution in [1.29, 1.82) is 0 Å². The number of methoxy groups -OCH3 is 1. The van der Waals surface area contributed by atoms with Gasteiger partial charge >= 0.3 is 6.01 Å². The van der Waals surface area contributed by atoms with E-state index in [2.05, 4.69) is 32.1 Å². The molecule has 1 aliphatic rings. The van der Waals surface area contributed by atoms with Crippen LogP contribution in [0.2, 0.25) is 0 Å². The Hall–Kier alpha value is -1.59. The molecule has 1 atom stereocenters. The zero-order valence-corrected chi connectivity index (χ0v) is 12.7. The summed E-state index contributed by atoms with van der Waals surface area (Å²) in [5.41, 5.74) is 0. The first kappa shape index (κ1) is 14.8. The lowest BCUT2D eigenvalue weighted by Gasteiger charge is -2.35. The topological polar surface area (TPSA) is 63.2 Å². The van der Waals surface area contributed by atoms with E-state index in [1.54, 1.807) is 7.11 Å². The Morgan fingerprint density at radius 1 is 1.25 bits per heavy atom. The zero-order valence-electron chi connectivity index (χ0n) is 12.7. The highest BCUT2D eigenvalue weighted by molar-refractivity contribution is 5.39. The summed E-state index contributed by atoms with van der Waals surface area (Å²) in [5, 5.41) is 3.14. The Bertz CT molecular complexity index is 424. The van der Waals surface area contributed by atoms with E-state index >= 15 is 0 Å². The summed E-state index contributed by atoms with van der Waals surface area (Å²) >= 11 is 0. The molecule has 0 aromatic carbocycles. The van der Waals surface area contributed by atoms with Crippen LogP contribution in [-0.4, -0.2) is 41.2 Å². The maximum atomic E-state index is 5.20. The van der Waals surface area contributed by atoms with Crippen molar-refractivity contribution in [3.8, 4) is 6.01 Å². The molecule has 2 rings (SSSR count). The monoisotopic (exact) mass is 279 g/mol. The lowest BCUT2D eigenvalue weighted by molar-refractivity contribution is 0.374. The second kappa shape index (κ2) is 7.26. The van der Waals surface area contributed by atoms with Crippen LogP contribution in [0, 0.1) is 0 Å². The Balaban J connectivity index is 2.26. The van der Waals surface area contributed by atoms with Gasteiger partial charge in [-0.15, -0.1) is 0 Å². The lowest BCUT2D eigenvalue weighted by atomic mass is 9.99. The molecular formula is C14H25N5O. The van der Waals surface area contributed by atoms with Gasteiger partial charge in [-0.2, -0.15) is 15.0 Å². The first-order valence-electron chi connectivity index (χ1n) is 7.59. The molecule has 20 heavy (non-hydrogen) atoms. The molecule has 2 heterocycles. The molecule has 1 unspecified atom stereocenters. The van der Waals surface area contributed by atoms with Gasteiger partial charge < -0.3 is 15.0 Å². The molecule has 1 N–H and O–H groups in total. The number of aromatic nitrogens is 3. The predicted octanol–water partition coefficient (Wildman–Crippen LogP) is 2.47. The normalized spacial score (nSPS) is 18.9. The van der Waals surface area contributed by atoms with Crippen LogP contribution in [0.4, 0.5) is 11.9 Å². The van der Waals surface area contributed by atoms with Crippen molar-refractivity contribution in [3.05, 3.63) is 0 Å². The third-order valence-electron chi connectivity index (χ3n) is 3.63. The number of anilines is 2. The van der Waals surface area contributed by atoms with Gasteiger partial charge in [0.1, 0.15) is 0 Å². The number of nitrogens with zero attached hydrogens (tertiary/aromatic N) is 4. The molecule has 1 aromatic rings. The van der Waals surface area contributed by atoms with Crippen LogP contribution in [0.3, 0.4) is 0 Å². The van der Waals surface area contributed by atoms with Gasteiger partial charge in [0.05, 0.1) is 7.11 Å². The standard InChI is InChI=1S/C14H25N5O/c1-4-8-11-9-6-7-10-19(11)13-16-12(15-5-2)17-14(18-13)20-3/h11H,4-10H2,1-3H3,(H,15,16,17,18). The Morgan fingerprint density at radius 2 is 2.10 bits per heavy atom. The van der Waals surface area contributed by atoms with Crippen LogP contribution in [0.25, 0.3) is 0 Å². The highest BCUT2D eigenvalue weighted by Gasteiger charge is 2.25. The molecule has 0 saturated carbocycles. The second-order valence-corrected chi connectivity index (χ2v) is 5.11. The quantitative estimate of drug-likeness (QED) is 0.863. The summed E-state index contributed by atoms with van der Waals surface area (Å²) in [7, 11) is 1.59. The molecular weight excluding hydrogens is 254 g/mol. The summed E-state index contributed by atoms with van der Waals surface area (Å²) in [5.74, 6) is 1.33. The summed E-state index contributed by atoms with van der Waals surface area (Å²) < 4.78 is 5.20. The minimum absolute atomic E-state index is 0.381. The Labute approximate surface area is 121 Å². The van der Waals surface area contributed by atoms with Crippen LogP contribution >= 0.6 is 0 Å².